The maximum Gasteiger partial charge on any atom is 0.276 e. The van der Waals surface area contributed by atoms with Crippen molar-refractivity contribution in [2.24, 2.45) is 5.16 Å². The van der Waals surface area contributed by atoms with Gasteiger partial charge in [-0.3, -0.25) is 0 Å². The van der Waals surface area contributed by atoms with Gasteiger partial charge in [-0.25, -0.2) is 4.39 Å². The highest BCUT2D eigenvalue weighted by molar-refractivity contribution is 7.99. The molecule has 1 aliphatic rings. The normalized spacial score (nSPS) is 16.1. The third kappa shape index (κ3) is 3.95. The molecule has 8 heteroatoms. The van der Waals surface area contributed by atoms with E-state index < -0.39 is 0 Å². The summed E-state index contributed by atoms with van der Waals surface area (Å²) >= 11 is 1.41. The van der Waals surface area contributed by atoms with Gasteiger partial charge in [-0.15, -0.1) is 10.2 Å². The summed E-state index contributed by atoms with van der Waals surface area (Å²) in [6.45, 7) is 0. The van der Waals surface area contributed by atoms with Crippen LogP contribution in [0, 0.1) is 5.82 Å². The summed E-state index contributed by atoms with van der Waals surface area (Å²) in [6.07, 6.45) is 0.545. The van der Waals surface area contributed by atoms with E-state index in [0.29, 0.717) is 29.0 Å². The lowest BCUT2D eigenvalue weighted by molar-refractivity contribution is 0.103. The van der Waals surface area contributed by atoms with Crippen LogP contribution in [0.5, 0.6) is 5.75 Å². The molecule has 0 N–H and O–H groups in total. The molecule has 1 aliphatic heterocycles. The lowest BCUT2D eigenvalue weighted by atomic mass is 10.1. The summed E-state index contributed by atoms with van der Waals surface area (Å²) in [5, 5.41) is 12.7. The number of ether oxygens (including phenoxy) is 1. The Balaban J connectivity index is 1.35. The van der Waals surface area contributed by atoms with Crippen LogP contribution in [0.4, 0.5) is 4.39 Å². The molecule has 1 aromatic heterocycles. The molecule has 0 bridgehead atoms. The minimum atomic E-state index is -0.271. The third-order valence-electron chi connectivity index (χ3n) is 4.05. The number of methoxy groups -OCH3 is 1. The second-order valence-electron chi connectivity index (χ2n) is 5.86. The van der Waals surface area contributed by atoms with Crippen LogP contribution >= 0.6 is 11.8 Å². The largest absolute Gasteiger partial charge is 0.496 e. The van der Waals surface area contributed by atoms with Gasteiger partial charge in [0, 0.05) is 12.2 Å². The molecule has 2 aromatic carbocycles. The second kappa shape index (κ2) is 7.79. The zero-order chi connectivity index (χ0) is 18.6. The van der Waals surface area contributed by atoms with Crippen molar-refractivity contribution in [3.8, 4) is 17.2 Å². The van der Waals surface area contributed by atoms with E-state index in [0.717, 1.165) is 16.8 Å². The number of halogens is 1. The molecule has 6 nitrogen and oxygen atoms in total. The van der Waals surface area contributed by atoms with Gasteiger partial charge in [0.25, 0.3) is 11.1 Å². The van der Waals surface area contributed by atoms with Crippen LogP contribution in [-0.2, 0) is 4.84 Å². The average molecular weight is 385 g/mol. The summed E-state index contributed by atoms with van der Waals surface area (Å²) in [7, 11) is 1.60. The Bertz CT molecular complexity index is 959. The van der Waals surface area contributed by atoms with E-state index in [1.165, 1.54) is 23.9 Å². The first kappa shape index (κ1) is 17.5. The van der Waals surface area contributed by atoms with E-state index in [-0.39, 0.29) is 11.9 Å². The van der Waals surface area contributed by atoms with Crippen molar-refractivity contribution in [2.45, 2.75) is 17.7 Å². The van der Waals surface area contributed by atoms with Gasteiger partial charge < -0.3 is 14.0 Å². The highest BCUT2D eigenvalue weighted by Gasteiger charge is 2.23. The fourth-order valence-corrected chi connectivity index (χ4v) is 3.44. The van der Waals surface area contributed by atoms with Gasteiger partial charge in [0.1, 0.15) is 17.7 Å². The smallest absolute Gasteiger partial charge is 0.276 e. The van der Waals surface area contributed by atoms with Crippen molar-refractivity contribution in [1.82, 2.24) is 10.2 Å². The van der Waals surface area contributed by atoms with Gasteiger partial charge in [0.15, 0.2) is 0 Å². The van der Waals surface area contributed by atoms with Crippen LogP contribution in [0.15, 0.2) is 63.3 Å². The van der Waals surface area contributed by atoms with Crippen LogP contribution in [0.1, 0.15) is 12.0 Å². The van der Waals surface area contributed by atoms with E-state index in [1.54, 1.807) is 19.2 Å². The van der Waals surface area contributed by atoms with Crippen molar-refractivity contribution in [1.29, 1.82) is 0 Å². The van der Waals surface area contributed by atoms with Crippen LogP contribution in [-0.4, -0.2) is 34.9 Å². The second-order valence-corrected chi connectivity index (χ2v) is 6.83. The predicted molar refractivity (Wildman–Crippen MR) is 99.4 cm³/mol. The highest BCUT2D eigenvalue weighted by Crippen LogP contribution is 2.31. The Labute approximate surface area is 159 Å². The Morgan fingerprint density at radius 1 is 1.15 bits per heavy atom. The van der Waals surface area contributed by atoms with Crippen LogP contribution in [0.2, 0.25) is 0 Å². The fraction of sp³-hybridized carbons (Fsp3) is 0.211. The van der Waals surface area contributed by atoms with Crippen LogP contribution < -0.4 is 4.74 Å². The number of hydrogen-bond donors (Lipinski definition) is 0. The predicted octanol–water partition coefficient (Wildman–Crippen LogP) is 4.17. The number of para-hydroxylation sites is 1. The average Bonchev–Trinajstić information content (AvgIpc) is 3.36. The molecule has 138 valence electrons. The Morgan fingerprint density at radius 3 is 2.78 bits per heavy atom. The number of nitrogens with zero attached hydrogens (tertiary/aromatic N) is 3. The van der Waals surface area contributed by atoms with Crippen molar-refractivity contribution < 1.29 is 18.4 Å². The van der Waals surface area contributed by atoms with E-state index >= 15 is 0 Å². The molecule has 0 amide bonds. The quantitative estimate of drug-likeness (QED) is 0.593. The minimum Gasteiger partial charge on any atom is -0.496 e. The fourth-order valence-electron chi connectivity index (χ4n) is 2.69. The monoisotopic (exact) mass is 385 g/mol. The van der Waals surface area contributed by atoms with Gasteiger partial charge in [0.05, 0.1) is 18.4 Å². The van der Waals surface area contributed by atoms with E-state index in [9.17, 15) is 4.39 Å². The van der Waals surface area contributed by atoms with Gasteiger partial charge in [-0.1, -0.05) is 41.2 Å². The lowest BCUT2D eigenvalue weighted by Crippen LogP contribution is -2.11. The Hall–Kier alpha value is -2.87. The first-order chi connectivity index (χ1) is 13.2. The SMILES string of the molecule is COc1ccccc1-c1nnc(SCC2CC(c3ccc(F)cc3)=NO2)o1. The summed E-state index contributed by atoms with van der Waals surface area (Å²) < 4.78 is 24.1. The summed E-state index contributed by atoms with van der Waals surface area (Å²) in [5.41, 5.74) is 2.42. The molecule has 0 fully saturated rings. The molecule has 2 heterocycles. The zero-order valence-corrected chi connectivity index (χ0v) is 15.3. The lowest BCUT2D eigenvalue weighted by Gasteiger charge is -2.05. The number of aromatic nitrogens is 2. The molecule has 0 spiro atoms. The van der Waals surface area contributed by atoms with Crippen molar-refractivity contribution in [3.63, 3.8) is 0 Å². The minimum absolute atomic E-state index is 0.100. The van der Waals surface area contributed by atoms with E-state index in [4.69, 9.17) is 14.0 Å². The molecular weight excluding hydrogens is 369 g/mol. The number of hydrogen-bond acceptors (Lipinski definition) is 7. The summed E-state index contributed by atoms with van der Waals surface area (Å²) in [5.74, 6) is 1.43. The Morgan fingerprint density at radius 2 is 1.96 bits per heavy atom. The molecule has 1 unspecified atom stereocenters. The molecular formula is C19H16FN3O3S. The van der Waals surface area contributed by atoms with Crippen molar-refractivity contribution >= 4 is 17.5 Å². The zero-order valence-electron chi connectivity index (χ0n) is 14.5. The topological polar surface area (TPSA) is 69.7 Å². The molecule has 4 rings (SSSR count). The number of benzene rings is 2. The number of rotatable bonds is 6. The first-order valence-corrected chi connectivity index (χ1v) is 9.30. The molecule has 0 aliphatic carbocycles. The van der Waals surface area contributed by atoms with Crippen LogP contribution in [0.25, 0.3) is 11.5 Å². The molecule has 27 heavy (non-hydrogen) atoms. The van der Waals surface area contributed by atoms with E-state index in [1.807, 2.05) is 24.3 Å². The van der Waals surface area contributed by atoms with Crippen LogP contribution in [0.3, 0.4) is 0 Å². The standard InChI is InChI=1S/C19H16FN3O3S/c1-24-17-5-3-2-4-15(17)18-21-22-19(25-18)27-11-14-10-16(23-26-14)12-6-8-13(20)9-7-12/h2-9,14H,10-11H2,1H3. The number of oxime groups is 1. The summed E-state index contributed by atoms with van der Waals surface area (Å²) in [4.78, 5) is 5.46. The van der Waals surface area contributed by atoms with Gasteiger partial charge in [0.2, 0.25) is 0 Å². The maximum atomic E-state index is 13.0. The molecule has 3 aromatic rings. The summed E-state index contributed by atoms with van der Waals surface area (Å²) in [6, 6.07) is 13.7. The van der Waals surface area contributed by atoms with Crippen molar-refractivity contribution in [3.05, 3.63) is 59.9 Å². The van der Waals surface area contributed by atoms with Gasteiger partial charge >= 0.3 is 0 Å². The maximum absolute atomic E-state index is 13.0. The third-order valence-corrected chi connectivity index (χ3v) is 5.00. The van der Waals surface area contributed by atoms with Crippen molar-refractivity contribution in [2.75, 3.05) is 12.9 Å². The molecule has 1 atom stereocenters. The molecule has 0 saturated carbocycles. The Kier molecular flexibility index (Phi) is 5.06. The van der Waals surface area contributed by atoms with Gasteiger partial charge in [-0.2, -0.15) is 0 Å². The number of thioether (sulfide) groups is 1. The van der Waals surface area contributed by atoms with Gasteiger partial charge in [-0.05, 0) is 29.8 Å². The highest BCUT2D eigenvalue weighted by atomic mass is 32.2. The molecule has 0 saturated heterocycles. The van der Waals surface area contributed by atoms with E-state index in [2.05, 4.69) is 15.4 Å². The first-order valence-electron chi connectivity index (χ1n) is 8.31. The molecule has 0 radical (unpaired) electrons.